The summed E-state index contributed by atoms with van der Waals surface area (Å²) in [4.78, 5) is 11.1. The second-order valence-electron chi connectivity index (χ2n) is 4.05. The second kappa shape index (κ2) is 5.51. The van der Waals surface area contributed by atoms with Crippen LogP contribution < -0.4 is 11.1 Å². The molecule has 0 unspecified atom stereocenters. The van der Waals surface area contributed by atoms with Crippen LogP contribution >= 0.6 is 0 Å². The third-order valence-corrected chi connectivity index (χ3v) is 2.15. The molecule has 1 aromatic carbocycles. The molecule has 3 N–H and O–H groups in total. The maximum atomic E-state index is 11.1. The summed E-state index contributed by atoms with van der Waals surface area (Å²) in [5, 5.41) is 3.29. The van der Waals surface area contributed by atoms with Crippen molar-refractivity contribution in [2.45, 2.75) is 20.4 Å². The number of nitrogens with two attached hydrogens (primary N) is 1. The Morgan fingerprint density at radius 1 is 1.40 bits per heavy atom. The quantitative estimate of drug-likeness (QED) is 0.767. The minimum Gasteiger partial charge on any atom is -0.366 e. The third-order valence-electron chi connectivity index (χ3n) is 2.15. The molecule has 0 saturated carbocycles. The van der Waals surface area contributed by atoms with Gasteiger partial charge in [-0.2, -0.15) is 0 Å². The van der Waals surface area contributed by atoms with Gasteiger partial charge in [-0.1, -0.05) is 32.0 Å². The van der Waals surface area contributed by atoms with Crippen LogP contribution in [0.4, 0.5) is 0 Å². The molecule has 1 aromatic rings. The van der Waals surface area contributed by atoms with Crippen LogP contribution in [0.3, 0.4) is 0 Å². The molecule has 0 spiro atoms. The van der Waals surface area contributed by atoms with Gasteiger partial charge in [-0.05, 0) is 24.1 Å². The molecule has 15 heavy (non-hydrogen) atoms. The van der Waals surface area contributed by atoms with E-state index in [2.05, 4.69) is 19.2 Å². The normalized spacial score (nSPS) is 10.6. The van der Waals surface area contributed by atoms with E-state index < -0.39 is 0 Å². The van der Waals surface area contributed by atoms with E-state index in [0.717, 1.165) is 12.1 Å². The zero-order valence-corrected chi connectivity index (χ0v) is 9.29. The van der Waals surface area contributed by atoms with E-state index in [1.807, 2.05) is 18.2 Å². The van der Waals surface area contributed by atoms with Gasteiger partial charge in [0.1, 0.15) is 0 Å². The first kappa shape index (κ1) is 11.7. The molecule has 0 fully saturated rings. The molecule has 0 aliphatic carbocycles. The maximum absolute atomic E-state index is 11.1. The number of primary amides is 1. The molecule has 3 heteroatoms. The minimum atomic E-state index is -0.364. The first-order chi connectivity index (χ1) is 7.11. The van der Waals surface area contributed by atoms with E-state index >= 15 is 0 Å². The van der Waals surface area contributed by atoms with Crippen molar-refractivity contribution in [2.24, 2.45) is 11.7 Å². The maximum Gasteiger partial charge on any atom is 0.249 e. The summed E-state index contributed by atoms with van der Waals surface area (Å²) in [5.74, 6) is 0.239. The number of benzene rings is 1. The average Bonchev–Trinajstić information content (AvgIpc) is 2.17. The summed E-state index contributed by atoms with van der Waals surface area (Å²) in [6.45, 7) is 5.92. The van der Waals surface area contributed by atoms with Crippen molar-refractivity contribution in [1.29, 1.82) is 0 Å². The second-order valence-corrected chi connectivity index (χ2v) is 4.05. The number of rotatable bonds is 5. The predicted molar refractivity (Wildman–Crippen MR) is 61.5 cm³/mol. The van der Waals surface area contributed by atoms with E-state index in [1.165, 1.54) is 0 Å². The monoisotopic (exact) mass is 206 g/mol. The highest BCUT2D eigenvalue weighted by molar-refractivity contribution is 5.94. The van der Waals surface area contributed by atoms with E-state index in [9.17, 15) is 4.79 Å². The molecule has 0 saturated heterocycles. The number of carbonyl (C=O) groups excluding carboxylic acids is 1. The average molecular weight is 206 g/mol. The Morgan fingerprint density at radius 3 is 2.67 bits per heavy atom. The molecule has 0 aliphatic heterocycles. The Hall–Kier alpha value is -1.35. The number of hydrogen-bond acceptors (Lipinski definition) is 2. The Morgan fingerprint density at radius 2 is 2.07 bits per heavy atom. The molecule has 1 amide bonds. The molecule has 0 aromatic heterocycles. The number of amides is 1. The smallest absolute Gasteiger partial charge is 0.249 e. The van der Waals surface area contributed by atoms with Gasteiger partial charge in [0, 0.05) is 12.1 Å². The predicted octanol–water partition coefficient (Wildman–Crippen LogP) is 1.53. The molecular formula is C12H18N2O. The zero-order valence-electron chi connectivity index (χ0n) is 9.29. The number of hydrogen-bond donors (Lipinski definition) is 2. The van der Waals surface area contributed by atoms with Gasteiger partial charge in [0.25, 0.3) is 0 Å². The zero-order chi connectivity index (χ0) is 11.3. The summed E-state index contributed by atoms with van der Waals surface area (Å²) < 4.78 is 0. The van der Waals surface area contributed by atoms with Crippen molar-refractivity contribution in [3.05, 3.63) is 35.4 Å². The van der Waals surface area contributed by atoms with Crippen molar-refractivity contribution in [1.82, 2.24) is 5.32 Å². The Labute approximate surface area is 90.7 Å². The summed E-state index contributed by atoms with van der Waals surface area (Å²) in [6.07, 6.45) is 0. The summed E-state index contributed by atoms with van der Waals surface area (Å²) in [5.41, 5.74) is 6.85. The fourth-order valence-electron chi connectivity index (χ4n) is 1.41. The fourth-order valence-corrected chi connectivity index (χ4v) is 1.41. The van der Waals surface area contributed by atoms with Crippen LogP contribution in [0.5, 0.6) is 0 Å². The standard InChI is InChI=1S/C12H18N2O/c1-9(2)7-14-8-10-5-3-4-6-11(10)12(13)15/h3-6,9,14H,7-8H2,1-2H3,(H2,13,15). The van der Waals surface area contributed by atoms with Crippen molar-refractivity contribution >= 4 is 5.91 Å². The van der Waals surface area contributed by atoms with Crippen LogP contribution in [0.2, 0.25) is 0 Å². The highest BCUT2D eigenvalue weighted by Crippen LogP contribution is 2.07. The molecule has 0 bridgehead atoms. The first-order valence-electron chi connectivity index (χ1n) is 5.19. The van der Waals surface area contributed by atoms with Gasteiger partial charge < -0.3 is 11.1 Å². The molecule has 0 atom stereocenters. The third kappa shape index (κ3) is 3.72. The molecule has 0 heterocycles. The van der Waals surface area contributed by atoms with Gasteiger partial charge in [-0.15, -0.1) is 0 Å². The first-order valence-corrected chi connectivity index (χ1v) is 5.19. The van der Waals surface area contributed by atoms with Crippen LogP contribution in [-0.4, -0.2) is 12.5 Å². The molecule has 3 nitrogen and oxygen atoms in total. The van der Waals surface area contributed by atoms with E-state index in [-0.39, 0.29) is 5.91 Å². The van der Waals surface area contributed by atoms with Gasteiger partial charge >= 0.3 is 0 Å². The minimum absolute atomic E-state index is 0.364. The van der Waals surface area contributed by atoms with Gasteiger partial charge in [-0.3, -0.25) is 4.79 Å². The number of nitrogens with one attached hydrogen (secondary N) is 1. The van der Waals surface area contributed by atoms with E-state index in [4.69, 9.17) is 5.73 Å². The van der Waals surface area contributed by atoms with Crippen LogP contribution in [-0.2, 0) is 6.54 Å². The van der Waals surface area contributed by atoms with Crippen molar-refractivity contribution in [2.75, 3.05) is 6.54 Å². The van der Waals surface area contributed by atoms with Gasteiger partial charge in [0.15, 0.2) is 0 Å². The SMILES string of the molecule is CC(C)CNCc1ccccc1C(N)=O. The molecule has 0 radical (unpaired) electrons. The summed E-state index contributed by atoms with van der Waals surface area (Å²) in [6, 6.07) is 7.42. The van der Waals surface area contributed by atoms with Gasteiger partial charge in [-0.25, -0.2) is 0 Å². The fraction of sp³-hybridized carbons (Fsp3) is 0.417. The van der Waals surface area contributed by atoms with Crippen molar-refractivity contribution in [3.63, 3.8) is 0 Å². The van der Waals surface area contributed by atoms with Crippen molar-refractivity contribution in [3.8, 4) is 0 Å². The largest absolute Gasteiger partial charge is 0.366 e. The lowest BCUT2D eigenvalue weighted by Crippen LogP contribution is -2.22. The van der Waals surface area contributed by atoms with Crippen LogP contribution in [0, 0.1) is 5.92 Å². The van der Waals surface area contributed by atoms with Gasteiger partial charge in [0.2, 0.25) is 5.91 Å². The molecule has 82 valence electrons. The lowest BCUT2D eigenvalue weighted by Gasteiger charge is -2.09. The van der Waals surface area contributed by atoms with Crippen LogP contribution in [0.25, 0.3) is 0 Å². The Bertz CT molecular complexity index is 334. The lowest BCUT2D eigenvalue weighted by atomic mass is 10.1. The molecule has 1 rings (SSSR count). The Balaban J connectivity index is 2.63. The van der Waals surface area contributed by atoms with E-state index in [1.54, 1.807) is 6.07 Å². The Kier molecular flexibility index (Phi) is 4.31. The highest BCUT2D eigenvalue weighted by Gasteiger charge is 2.06. The molecule has 0 aliphatic rings. The van der Waals surface area contributed by atoms with Crippen LogP contribution in [0.15, 0.2) is 24.3 Å². The molecular weight excluding hydrogens is 188 g/mol. The van der Waals surface area contributed by atoms with Crippen LogP contribution in [0.1, 0.15) is 29.8 Å². The van der Waals surface area contributed by atoms with Crippen molar-refractivity contribution < 1.29 is 4.79 Å². The van der Waals surface area contributed by atoms with E-state index in [0.29, 0.717) is 18.0 Å². The lowest BCUT2D eigenvalue weighted by molar-refractivity contribution is 0.0999. The number of carbonyl (C=O) groups is 1. The highest BCUT2D eigenvalue weighted by atomic mass is 16.1. The topological polar surface area (TPSA) is 55.1 Å². The summed E-state index contributed by atoms with van der Waals surface area (Å²) >= 11 is 0. The van der Waals surface area contributed by atoms with Gasteiger partial charge in [0.05, 0.1) is 0 Å². The summed E-state index contributed by atoms with van der Waals surface area (Å²) in [7, 11) is 0.